The Labute approximate surface area is 111 Å². The van der Waals surface area contributed by atoms with Gasteiger partial charge in [-0.2, -0.15) is 0 Å². The minimum Gasteiger partial charge on any atom is -0.497 e. The fourth-order valence-electron chi connectivity index (χ4n) is 1.50. The van der Waals surface area contributed by atoms with Crippen molar-refractivity contribution < 1.29 is 9.84 Å². The number of rotatable bonds is 4. The highest BCUT2D eigenvalue weighted by Crippen LogP contribution is 2.14. The van der Waals surface area contributed by atoms with Crippen molar-refractivity contribution in [1.82, 2.24) is 0 Å². The molecule has 98 valence electrons. The van der Waals surface area contributed by atoms with Crippen LogP contribution >= 0.6 is 0 Å². The topological polar surface area (TPSA) is 29.5 Å². The molecule has 0 amide bonds. The number of methoxy groups -OCH3 is 1. The molecule has 0 bridgehead atoms. The van der Waals surface area contributed by atoms with E-state index in [1.807, 2.05) is 24.3 Å². The molecule has 0 aliphatic rings. The van der Waals surface area contributed by atoms with Crippen molar-refractivity contribution in [1.29, 1.82) is 0 Å². The van der Waals surface area contributed by atoms with E-state index in [0.29, 0.717) is 6.42 Å². The van der Waals surface area contributed by atoms with E-state index in [-0.39, 0.29) is 0 Å². The lowest BCUT2D eigenvalue weighted by Gasteiger charge is -2.08. The molecule has 2 nitrogen and oxygen atoms in total. The summed E-state index contributed by atoms with van der Waals surface area (Å²) in [4.78, 5) is 0. The fraction of sp³-hybridized carbons (Fsp3) is 0.467. The molecule has 0 spiro atoms. The Hall–Kier alpha value is -1.24. The monoisotopic (exact) mass is 262 g/mol. The number of aliphatic hydroxyl groups is 1. The van der Waals surface area contributed by atoms with Gasteiger partial charge < -0.3 is 9.84 Å². The molecule has 1 aromatic carbocycles. The number of aliphatic hydroxyl groups excluding tert-OH is 1. The fourth-order valence-corrected chi connectivity index (χ4v) is 2.10. The smallest absolute Gasteiger partial charge is 0.129 e. The van der Waals surface area contributed by atoms with Crippen molar-refractivity contribution >= 4 is 8.07 Å². The van der Waals surface area contributed by atoms with E-state index in [2.05, 4.69) is 31.1 Å². The van der Waals surface area contributed by atoms with Gasteiger partial charge >= 0.3 is 0 Å². The van der Waals surface area contributed by atoms with E-state index in [9.17, 15) is 5.11 Å². The average Bonchev–Trinajstić information content (AvgIpc) is 2.33. The van der Waals surface area contributed by atoms with Crippen LogP contribution in [0.1, 0.15) is 12.0 Å². The zero-order valence-corrected chi connectivity index (χ0v) is 12.7. The van der Waals surface area contributed by atoms with Crippen LogP contribution in [0.2, 0.25) is 19.6 Å². The lowest BCUT2D eigenvalue weighted by atomic mass is 10.1. The molecule has 18 heavy (non-hydrogen) atoms. The zero-order chi connectivity index (χ0) is 13.6. The van der Waals surface area contributed by atoms with Crippen molar-refractivity contribution in [2.75, 3.05) is 7.11 Å². The normalized spacial score (nSPS) is 12.5. The molecular weight excluding hydrogens is 240 g/mol. The summed E-state index contributed by atoms with van der Waals surface area (Å²) in [5.74, 6) is 3.81. The van der Waals surface area contributed by atoms with Crippen LogP contribution in [0.4, 0.5) is 0 Å². The highest BCUT2D eigenvalue weighted by atomic mass is 28.3. The molecule has 0 aliphatic heterocycles. The number of hydrogen-bond donors (Lipinski definition) is 1. The lowest BCUT2D eigenvalue weighted by molar-refractivity contribution is 0.222. The van der Waals surface area contributed by atoms with E-state index in [0.717, 1.165) is 12.2 Å². The third-order valence-corrected chi connectivity index (χ3v) is 3.35. The molecule has 0 saturated carbocycles. The van der Waals surface area contributed by atoms with Gasteiger partial charge in [-0.05, 0) is 30.5 Å². The summed E-state index contributed by atoms with van der Waals surface area (Å²) < 4.78 is 5.17. The summed E-state index contributed by atoms with van der Waals surface area (Å²) in [6.45, 7) is 6.53. The molecule has 0 saturated heterocycles. The van der Waals surface area contributed by atoms with Gasteiger partial charge in [-0.25, -0.2) is 0 Å². The molecule has 1 atom stereocenters. The molecule has 0 radical (unpaired) electrons. The summed E-state index contributed by atoms with van der Waals surface area (Å²) >= 11 is 0. The summed E-state index contributed by atoms with van der Waals surface area (Å²) in [5.41, 5.74) is 4.36. The van der Waals surface area contributed by atoms with Crippen molar-refractivity contribution in [3.05, 3.63) is 29.8 Å². The molecule has 0 fully saturated rings. The second-order valence-electron chi connectivity index (χ2n) is 5.43. The van der Waals surface area contributed by atoms with Crippen molar-refractivity contribution in [2.45, 2.75) is 38.6 Å². The maximum Gasteiger partial charge on any atom is 0.129 e. The summed E-state index contributed by atoms with van der Waals surface area (Å²) in [6.07, 6.45) is 0.964. The number of ether oxygens (including phenoxy) is 1. The van der Waals surface area contributed by atoms with Gasteiger partial charge in [-0.3, -0.25) is 0 Å². The van der Waals surface area contributed by atoms with Gasteiger partial charge in [-0.1, -0.05) is 37.7 Å². The molecule has 1 aromatic rings. The van der Waals surface area contributed by atoms with Crippen LogP contribution in [0.5, 0.6) is 5.75 Å². The molecule has 0 unspecified atom stereocenters. The summed E-state index contributed by atoms with van der Waals surface area (Å²) in [7, 11) is 0.276. The third-order valence-electron chi connectivity index (χ3n) is 2.45. The Morgan fingerprint density at radius 3 is 2.67 bits per heavy atom. The molecule has 3 heteroatoms. The molecule has 1 N–H and O–H groups in total. The predicted octanol–water partition coefficient (Wildman–Crippen LogP) is 2.87. The first-order valence-electron chi connectivity index (χ1n) is 6.24. The Kier molecular flexibility index (Phi) is 5.45. The lowest BCUT2D eigenvalue weighted by Crippen LogP contribution is -2.18. The Balaban J connectivity index is 2.51. The standard InChI is InChI=1S/C15H22O2Si/c1-17-15-7-5-6-13(12-15)8-9-14(16)10-11-18(2,3)4/h5-7,12,14,16H,8-9H2,1-4H3/t14-/m0/s1. The first-order chi connectivity index (χ1) is 8.40. The van der Waals surface area contributed by atoms with E-state index in [4.69, 9.17) is 4.74 Å². The number of hydrogen-bond acceptors (Lipinski definition) is 2. The minimum atomic E-state index is -1.38. The molecule has 0 aliphatic carbocycles. The predicted molar refractivity (Wildman–Crippen MR) is 78.4 cm³/mol. The third kappa shape index (κ3) is 5.90. The van der Waals surface area contributed by atoms with E-state index < -0.39 is 14.2 Å². The van der Waals surface area contributed by atoms with E-state index >= 15 is 0 Å². The molecular formula is C15H22O2Si. The highest BCUT2D eigenvalue weighted by Gasteiger charge is 2.09. The van der Waals surface area contributed by atoms with Gasteiger partial charge in [0.05, 0.1) is 7.11 Å². The van der Waals surface area contributed by atoms with Crippen LogP contribution in [0, 0.1) is 11.5 Å². The van der Waals surface area contributed by atoms with Crippen molar-refractivity contribution in [3.63, 3.8) is 0 Å². The Morgan fingerprint density at radius 1 is 1.33 bits per heavy atom. The Morgan fingerprint density at radius 2 is 2.06 bits per heavy atom. The molecule has 1 rings (SSSR count). The van der Waals surface area contributed by atoms with Crippen molar-refractivity contribution in [2.24, 2.45) is 0 Å². The number of aryl methyl sites for hydroxylation is 1. The SMILES string of the molecule is COc1cccc(CC[C@H](O)C#C[Si](C)(C)C)c1. The van der Waals surface area contributed by atoms with Crippen LogP contribution in [-0.4, -0.2) is 26.4 Å². The van der Waals surface area contributed by atoms with Gasteiger partial charge in [-0.15, -0.1) is 5.54 Å². The van der Waals surface area contributed by atoms with E-state index in [1.165, 1.54) is 5.56 Å². The quantitative estimate of drug-likeness (QED) is 0.668. The first kappa shape index (κ1) is 14.8. The zero-order valence-electron chi connectivity index (χ0n) is 11.7. The Bertz CT molecular complexity index is 438. The summed E-state index contributed by atoms with van der Waals surface area (Å²) in [6, 6.07) is 7.93. The van der Waals surface area contributed by atoms with Crippen LogP contribution < -0.4 is 4.74 Å². The van der Waals surface area contributed by atoms with Crippen molar-refractivity contribution in [3.8, 4) is 17.2 Å². The van der Waals surface area contributed by atoms with Crippen LogP contribution in [0.3, 0.4) is 0 Å². The van der Waals surface area contributed by atoms with Gasteiger partial charge in [0.2, 0.25) is 0 Å². The van der Waals surface area contributed by atoms with Gasteiger partial charge in [0, 0.05) is 0 Å². The maximum absolute atomic E-state index is 9.82. The molecule has 0 heterocycles. The minimum absolute atomic E-state index is 0.525. The van der Waals surface area contributed by atoms with Crippen LogP contribution in [0.15, 0.2) is 24.3 Å². The second-order valence-corrected chi connectivity index (χ2v) is 10.2. The number of benzene rings is 1. The van der Waals surface area contributed by atoms with Crippen LogP contribution in [-0.2, 0) is 6.42 Å². The van der Waals surface area contributed by atoms with Gasteiger partial charge in [0.25, 0.3) is 0 Å². The largest absolute Gasteiger partial charge is 0.497 e. The van der Waals surface area contributed by atoms with Crippen LogP contribution in [0.25, 0.3) is 0 Å². The highest BCUT2D eigenvalue weighted by molar-refractivity contribution is 6.83. The average molecular weight is 262 g/mol. The van der Waals surface area contributed by atoms with E-state index in [1.54, 1.807) is 7.11 Å². The van der Waals surface area contributed by atoms with Gasteiger partial charge in [0.1, 0.15) is 19.9 Å². The van der Waals surface area contributed by atoms with Gasteiger partial charge in [0.15, 0.2) is 0 Å². The summed E-state index contributed by atoms with van der Waals surface area (Å²) in [5, 5.41) is 9.82. The second kappa shape index (κ2) is 6.63. The molecule has 0 aromatic heterocycles. The maximum atomic E-state index is 9.82. The first-order valence-corrected chi connectivity index (χ1v) is 9.74.